The standard InChI is InChI=1S/C26H26F2N4O3/c1-35-24-7-3-2-6-18(24)16-29-25(33)17-8-11-23(32-12-4-5-13-32)22(14-17)31-26(34)30-21-10-9-19(27)15-20(21)28/h2-3,6-11,14-15H,4-5,12-13,16H2,1H3,(H,29,33)(H2,30,31,34). The van der Waals surface area contributed by atoms with Gasteiger partial charge in [-0.1, -0.05) is 18.2 Å². The largest absolute Gasteiger partial charge is 0.496 e. The predicted molar refractivity (Wildman–Crippen MR) is 131 cm³/mol. The first-order valence-corrected chi connectivity index (χ1v) is 11.3. The van der Waals surface area contributed by atoms with Gasteiger partial charge in [-0.15, -0.1) is 0 Å². The van der Waals surface area contributed by atoms with Crippen LogP contribution < -0.4 is 25.6 Å². The average Bonchev–Trinajstić information content (AvgIpc) is 3.39. The lowest BCUT2D eigenvalue weighted by Crippen LogP contribution is -2.26. The monoisotopic (exact) mass is 480 g/mol. The van der Waals surface area contributed by atoms with E-state index in [9.17, 15) is 18.4 Å². The fraction of sp³-hybridized carbons (Fsp3) is 0.231. The third kappa shape index (κ3) is 5.87. The summed E-state index contributed by atoms with van der Waals surface area (Å²) in [7, 11) is 1.57. The number of benzene rings is 3. The smallest absolute Gasteiger partial charge is 0.323 e. The van der Waals surface area contributed by atoms with Crippen LogP contribution in [0.5, 0.6) is 5.75 Å². The number of carbonyl (C=O) groups excluding carboxylic acids is 2. The van der Waals surface area contributed by atoms with Crippen LogP contribution in [0, 0.1) is 11.6 Å². The molecule has 3 aromatic carbocycles. The number of anilines is 3. The van der Waals surface area contributed by atoms with Crippen molar-refractivity contribution in [2.75, 3.05) is 35.7 Å². The van der Waals surface area contributed by atoms with Gasteiger partial charge in [-0.25, -0.2) is 13.6 Å². The van der Waals surface area contributed by atoms with Crippen LogP contribution in [0.1, 0.15) is 28.8 Å². The number of nitrogens with one attached hydrogen (secondary N) is 3. The van der Waals surface area contributed by atoms with E-state index in [1.54, 1.807) is 25.3 Å². The van der Waals surface area contributed by atoms with Gasteiger partial charge in [-0.05, 0) is 49.2 Å². The Kier molecular flexibility index (Phi) is 7.45. The van der Waals surface area contributed by atoms with Crippen molar-refractivity contribution in [2.24, 2.45) is 0 Å². The van der Waals surface area contributed by atoms with Gasteiger partial charge in [0.2, 0.25) is 0 Å². The van der Waals surface area contributed by atoms with Gasteiger partial charge in [0.25, 0.3) is 5.91 Å². The Labute approximate surface area is 202 Å². The Morgan fingerprint density at radius 1 is 0.943 bits per heavy atom. The zero-order valence-corrected chi connectivity index (χ0v) is 19.2. The number of hydrogen-bond donors (Lipinski definition) is 3. The second-order valence-corrected chi connectivity index (χ2v) is 8.12. The molecule has 182 valence electrons. The van der Waals surface area contributed by atoms with E-state index in [1.165, 1.54) is 0 Å². The minimum Gasteiger partial charge on any atom is -0.496 e. The van der Waals surface area contributed by atoms with Crippen molar-refractivity contribution >= 4 is 29.0 Å². The van der Waals surface area contributed by atoms with E-state index in [2.05, 4.69) is 20.9 Å². The molecule has 0 atom stereocenters. The maximum Gasteiger partial charge on any atom is 0.323 e. The van der Waals surface area contributed by atoms with Gasteiger partial charge in [-0.2, -0.15) is 0 Å². The number of rotatable bonds is 7. The van der Waals surface area contributed by atoms with Gasteiger partial charge < -0.3 is 25.6 Å². The highest BCUT2D eigenvalue weighted by atomic mass is 19.1. The quantitative estimate of drug-likeness (QED) is 0.437. The van der Waals surface area contributed by atoms with Crippen LogP contribution in [-0.2, 0) is 6.54 Å². The molecule has 7 nitrogen and oxygen atoms in total. The summed E-state index contributed by atoms with van der Waals surface area (Å²) in [5.41, 5.74) is 2.20. The fourth-order valence-corrected chi connectivity index (χ4v) is 4.00. The predicted octanol–water partition coefficient (Wildman–Crippen LogP) is 5.15. The number of para-hydroxylation sites is 1. The summed E-state index contributed by atoms with van der Waals surface area (Å²) in [6, 6.07) is 14.7. The van der Waals surface area contributed by atoms with Crippen molar-refractivity contribution in [3.63, 3.8) is 0 Å². The number of carbonyl (C=O) groups is 2. The van der Waals surface area contributed by atoms with Crippen LogP contribution >= 0.6 is 0 Å². The van der Waals surface area contributed by atoms with Crippen LogP contribution in [0.2, 0.25) is 0 Å². The summed E-state index contributed by atoms with van der Waals surface area (Å²) in [4.78, 5) is 27.6. The topological polar surface area (TPSA) is 82.7 Å². The van der Waals surface area contributed by atoms with Crippen LogP contribution in [0.15, 0.2) is 60.7 Å². The lowest BCUT2D eigenvalue weighted by atomic mass is 10.1. The van der Waals surface area contributed by atoms with Gasteiger partial charge in [0, 0.05) is 36.8 Å². The van der Waals surface area contributed by atoms with E-state index in [0.29, 0.717) is 23.1 Å². The summed E-state index contributed by atoms with van der Waals surface area (Å²) in [6.07, 6.45) is 2.04. The normalized spacial score (nSPS) is 12.8. The molecule has 9 heteroatoms. The van der Waals surface area contributed by atoms with Crippen molar-refractivity contribution in [2.45, 2.75) is 19.4 Å². The summed E-state index contributed by atoms with van der Waals surface area (Å²) >= 11 is 0. The van der Waals surface area contributed by atoms with E-state index in [-0.39, 0.29) is 18.1 Å². The van der Waals surface area contributed by atoms with E-state index in [0.717, 1.165) is 49.3 Å². The molecule has 1 saturated heterocycles. The van der Waals surface area contributed by atoms with Crippen molar-refractivity contribution in [1.82, 2.24) is 5.32 Å². The molecule has 0 radical (unpaired) electrons. The van der Waals surface area contributed by atoms with E-state index >= 15 is 0 Å². The molecule has 3 N–H and O–H groups in total. The third-order valence-electron chi connectivity index (χ3n) is 5.76. The average molecular weight is 481 g/mol. The molecule has 1 aliphatic heterocycles. The lowest BCUT2D eigenvalue weighted by Gasteiger charge is -2.22. The van der Waals surface area contributed by atoms with Crippen molar-refractivity contribution in [3.8, 4) is 5.75 Å². The van der Waals surface area contributed by atoms with Crippen molar-refractivity contribution in [3.05, 3.63) is 83.4 Å². The Morgan fingerprint density at radius 3 is 2.43 bits per heavy atom. The minimum atomic E-state index is -0.885. The molecule has 0 aromatic heterocycles. The summed E-state index contributed by atoms with van der Waals surface area (Å²) in [5, 5.41) is 7.97. The van der Waals surface area contributed by atoms with Crippen LogP contribution in [-0.4, -0.2) is 32.1 Å². The van der Waals surface area contributed by atoms with E-state index in [4.69, 9.17) is 4.74 Å². The Morgan fingerprint density at radius 2 is 1.69 bits per heavy atom. The molecule has 0 unspecified atom stereocenters. The lowest BCUT2D eigenvalue weighted by molar-refractivity contribution is 0.0950. The van der Waals surface area contributed by atoms with Gasteiger partial charge in [0.1, 0.15) is 17.4 Å². The minimum absolute atomic E-state index is 0.155. The second-order valence-electron chi connectivity index (χ2n) is 8.12. The highest BCUT2D eigenvalue weighted by molar-refractivity contribution is 6.04. The first-order chi connectivity index (χ1) is 16.9. The summed E-state index contributed by atoms with van der Waals surface area (Å²) < 4.78 is 32.5. The first-order valence-electron chi connectivity index (χ1n) is 11.3. The molecule has 0 saturated carbocycles. The molecule has 0 spiro atoms. The maximum absolute atomic E-state index is 14.0. The van der Waals surface area contributed by atoms with E-state index < -0.39 is 17.7 Å². The number of urea groups is 1. The third-order valence-corrected chi connectivity index (χ3v) is 5.76. The number of ether oxygens (including phenoxy) is 1. The first kappa shape index (κ1) is 24.0. The fourth-order valence-electron chi connectivity index (χ4n) is 4.00. The molecule has 1 heterocycles. The molecule has 1 aliphatic rings. The maximum atomic E-state index is 14.0. The van der Waals surface area contributed by atoms with Gasteiger partial charge in [0.05, 0.1) is 24.2 Å². The summed E-state index contributed by atoms with van der Waals surface area (Å²) in [6.45, 7) is 1.91. The molecule has 0 bridgehead atoms. The van der Waals surface area contributed by atoms with Gasteiger partial charge >= 0.3 is 6.03 Å². The van der Waals surface area contributed by atoms with Crippen molar-refractivity contribution in [1.29, 1.82) is 0 Å². The molecular weight excluding hydrogens is 454 g/mol. The molecule has 1 fully saturated rings. The molecule has 4 rings (SSSR count). The Balaban J connectivity index is 1.52. The van der Waals surface area contributed by atoms with Crippen LogP contribution in [0.25, 0.3) is 0 Å². The summed E-state index contributed by atoms with van der Waals surface area (Å²) in [5.74, 6) is -1.28. The SMILES string of the molecule is COc1ccccc1CNC(=O)c1ccc(N2CCCC2)c(NC(=O)Nc2ccc(F)cc2F)c1. The molecular formula is C26H26F2N4O3. The van der Waals surface area contributed by atoms with E-state index in [1.807, 2.05) is 24.3 Å². The Bertz CT molecular complexity index is 1230. The van der Waals surface area contributed by atoms with Gasteiger partial charge in [0.15, 0.2) is 0 Å². The number of halogens is 2. The zero-order valence-electron chi connectivity index (χ0n) is 19.2. The highest BCUT2D eigenvalue weighted by Crippen LogP contribution is 2.30. The van der Waals surface area contributed by atoms with Crippen molar-refractivity contribution < 1.29 is 23.1 Å². The second kappa shape index (κ2) is 10.9. The van der Waals surface area contributed by atoms with Gasteiger partial charge in [-0.3, -0.25) is 4.79 Å². The zero-order chi connectivity index (χ0) is 24.8. The molecule has 3 aromatic rings. The number of hydrogen-bond acceptors (Lipinski definition) is 4. The van der Waals surface area contributed by atoms with Crippen LogP contribution in [0.3, 0.4) is 0 Å². The van der Waals surface area contributed by atoms with Crippen LogP contribution in [0.4, 0.5) is 30.6 Å². The molecule has 0 aliphatic carbocycles. The Hall–Kier alpha value is -4.14. The number of nitrogens with zero attached hydrogens (tertiary/aromatic N) is 1. The molecule has 35 heavy (non-hydrogen) atoms. The number of amides is 3. The molecule has 3 amide bonds. The number of methoxy groups -OCH3 is 1. The highest BCUT2D eigenvalue weighted by Gasteiger charge is 2.20.